The first-order valence-corrected chi connectivity index (χ1v) is 10.4. The molecule has 0 bridgehead atoms. The van der Waals surface area contributed by atoms with E-state index in [0.717, 1.165) is 11.3 Å². The average Bonchev–Trinajstić information content (AvgIpc) is 3.15. The van der Waals surface area contributed by atoms with Gasteiger partial charge < -0.3 is 15.2 Å². The number of carbonyl (C=O) groups is 1. The zero-order chi connectivity index (χ0) is 22.0. The number of aryl methyl sites for hydroxylation is 1. The van der Waals surface area contributed by atoms with E-state index in [1.807, 2.05) is 31.2 Å². The first-order chi connectivity index (χ1) is 14.9. The van der Waals surface area contributed by atoms with Crippen LogP contribution in [0.5, 0.6) is 5.75 Å². The fraction of sp³-hybridized carbons (Fsp3) is 0.182. The van der Waals surface area contributed by atoms with Crippen molar-refractivity contribution in [2.24, 2.45) is 0 Å². The molecule has 0 spiro atoms. The molecule has 8 nitrogen and oxygen atoms in total. The van der Waals surface area contributed by atoms with Crippen LogP contribution >= 0.6 is 11.3 Å². The van der Waals surface area contributed by atoms with Crippen molar-refractivity contribution in [3.8, 4) is 5.75 Å². The summed E-state index contributed by atoms with van der Waals surface area (Å²) in [5, 5.41) is 5.07. The van der Waals surface area contributed by atoms with Gasteiger partial charge in [0.2, 0.25) is 10.7 Å². The zero-order valence-electron chi connectivity index (χ0n) is 17.0. The summed E-state index contributed by atoms with van der Waals surface area (Å²) in [6.07, 6.45) is 6.13. The molecule has 4 rings (SSSR count). The molecule has 2 heterocycles. The molecule has 1 aromatic carbocycles. The van der Waals surface area contributed by atoms with Crippen molar-refractivity contribution < 1.29 is 14.3 Å². The summed E-state index contributed by atoms with van der Waals surface area (Å²) in [6, 6.07) is 7.70. The molecule has 2 N–H and O–H groups in total. The van der Waals surface area contributed by atoms with Crippen LogP contribution in [0.1, 0.15) is 23.1 Å². The molecular weight excluding hydrogens is 416 g/mol. The van der Waals surface area contributed by atoms with Gasteiger partial charge >= 0.3 is 0 Å². The van der Waals surface area contributed by atoms with Crippen LogP contribution < -0.4 is 16.0 Å². The number of fused-ring (bicyclic) bond motifs is 1. The second kappa shape index (κ2) is 8.57. The summed E-state index contributed by atoms with van der Waals surface area (Å²) in [4.78, 5) is 28.9. The van der Waals surface area contributed by atoms with Gasteiger partial charge in [0, 0.05) is 0 Å². The summed E-state index contributed by atoms with van der Waals surface area (Å²) in [5.74, 6) is 0.885. The van der Waals surface area contributed by atoms with Gasteiger partial charge in [0.1, 0.15) is 18.2 Å². The highest BCUT2D eigenvalue weighted by Gasteiger charge is 2.16. The average molecular weight is 436 g/mol. The second-order valence-corrected chi connectivity index (χ2v) is 7.84. The Morgan fingerprint density at radius 1 is 1.23 bits per heavy atom. The molecule has 0 atom stereocenters. The number of hydrogen-bond acceptors (Lipinski definition) is 8. The van der Waals surface area contributed by atoms with Crippen molar-refractivity contribution in [3.63, 3.8) is 0 Å². The Morgan fingerprint density at radius 3 is 2.84 bits per heavy atom. The number of nitrogens with zero attached hydrogens (tertiary/aromatic N) is 3. The van der Waals surface area contributed by atoms with E-state index in [4.69, 9.17) is 15.2 Å². The highest BCUT2D eigenvalue weighted by Crippen LogP contribution is 2.22. The zero-order valence-corrected chi connectivity index (χ0v) is 17.8. The molecule has 2 aromatic heterocycles. The molecule has 0 radical (unpaired) electrons. The van der Waals surface area contributed by atoms with Crippen LogP contribution in [0, 0.1) is 6.92 Å². The fourth-order valence-corrected chi connectivity index (χ4v) is 3.82. The molecule has 0 saturated carbocycles. The number of ether oxygens (including phenoxy) is 2. The number of hydrogen-bond donors (Lipinski definition) is 1. The maximum Gasteiger partial charge on any atom is 0.283 e. The number of anilines is 1. The van der Waals surface area contributed by atoms with Crippen molar-refractivity contribution in [3.05, 3.63) is 80.3 Å². The third-order valence-corrected chi connectivity index (χ3v) is 5.35. The minimum atomic E-state index is -0.475. The van der Waals surface area contributed by atoms with E-state index in [1.165, 1.54) is 21.9 Å². The monoisotopic (exact) mass is 436 g/mol. The molecule has 1 aliphatic rings. The quantitative estimate of drug-likeness (QED) is 0.632. The van der Waals surface area contributed by atoms with Crippen LogP contribution in [0.3, 0.4) is 0 Å². The lowest BCUT2D eigenvalue weighted by molar-refractivity contribution is -0.114. The van der Waals surface area contributed by atoms with E-state index in [9.17, 15) is 9.59 Å². The van der Waals surface area contributed by atoms with E-state index in [-0.39, 0.29) is 29.5 Å². The number of benzene rings is 1. The molecule has 31 heavy (non-hydrogen) atoms. The van der Waals surface area contributed by atoms with Gasteiger partial charge in [-0.1, -0.05) is 29.5 Å². The Labute approximate surface area is 181 Å². The SMILES string of the molecule is CCOC1=C/C(=C/c2c(N)n3nc(COc4cccc(C)c4)sc3nc2=O)C=CC1=O. The van der Waals surface area contributed by atoms with Gasteiger partial charge in [-0.15, -0.1) is 0 Å². The lowest BCUT2D eigenvalue weighted by Gasteiger charge is -2.10. The minimum Gasteiger partial charge on any atom is -0.490 e. The maximum atomic E-state index is 12.6. The van der Waals surface area contributed by atoms with E-state index < -0.39 is 5.56 Å². The Morgan fingerprint density at radius 2 is 2.06 bits per heavy atom. The third kappa shape index (κ3) is 4.41. The van der Waals surface area contributed by atoms with Crippen LogP contribution in [0.15, 0.2) is 58.6 Å². The van der Waals surface area contributed by atoms with Gasteiger partial charge in [-0.3, -0.25) is 9.59 Å². The predicted octanol–water partition coefficient (Wildman–Crippen LogP) is 3.06. The van der Waals surface area contributed by atoms with Crippen molar-refractivity contribution in [2.75, 3.05) is 12.3 Å². The van der Waals surface area contributed by atoms with Crippen LogP contribution in [-0.4, -0.2) is 27.0 Å². The normalized spacial score (nSPS) is 14.8. The van der Waals surface area contributed by atoms with Crippen LogP contribution in [0.4, 0.5) is 5.82 Å². The topological polar surface area (TPSA) is 109 Å². The molecule has 0 amide bonds. The first-order valence-electron chi connectivity index (χ1n) is 9.61. The molecule has 0 aliphatic heterocycles. The van der Waals surface area contributed by atoms with E-state index in [0.29, 0.717) is 22.1 Å². The summed E-state index contributed by atoms with van der Waals surface area (Å²) < 4.78 is 12.5. The Hall–Kier alpha value is -3.72. The van der Waals surface area contributed by atoms with E-state index in [1.54, 1.807) is 25.2 Å². The summed E-state index contributed by atoms with van der Waals surface area (Å²) in [7, 11) is 0. The largest absolute Gasteiger partial charge is 0.490 e. The van der Waals surface area contributed by atoms with Gasteiger partial charge in [0.25, 0.3) is 5.56 Å². The van der Waals surface area contributed by atoms with Gasteiger partial charge in [-0.05, 0) is 55.3 Å². The van der Waals surface area contributed by atoms with E-state index >= 15 is 0 Å². The molecule has 158 valence electrons. The molecule has 3 aromatic rings. The molecule has 1 aliphatic carbocycles. The van der Waals surface area contributed by atoms with E-state index in [2.05, 4.69) is 10.1 Å². The van der Waals surface area contributed by atoms with Crippen molar-refractivity contribution in [1.29, 1.82) is 0 Å². The highest BCUT2D eigenvalue weighted by atomic mass is 32.1. The number of nitrogens with two attached hydrogens (primary N) is 1. The van der Waals surface area contributed by atoms with Crippen molar-refractivity contribution in [2.45, 2.75) is 20.5 Å². The van der Waals surface area contributed by atoms with Gasteiger partial charge in [-0.2, -0.15) is 14.6 Å². The van der Waals surface area contributed by atoms with Crippen LogP contribution in [0.25, 0.3) is 11.0 Å². The molecular formula is C22H20N4O4S. The first kappa shape index (κ1) is 20.5. The maximum absolute atomic E-state index is 12.6. The van der Waals surface area contributed by atoms with Gasteiger partial charge in [0.05, 0.1) is 12.2 Å². The third-order valence-electron chi connectivity index (χ3n) is 4.46. The number of ketones is 1. The predicted molar refractivity (Wildman–Crippen MR) is 119 cm³/mol. The number of nitrogen functional groups attached to an aromatic ring is 1. The summed E-state index contributed by atoms with van der Waals surface area (Å²) >= 11 is 1.24. The van der Waals surface area contributed by atoms with Crippen molar-refractivity contribution in [1.82, 2.24) is 14.6 Å². The Balaban J connectivity index is 1.64. The molecule has 0 unspecified atom stereocenters. The summed E-state index contributed by atoms with van der Waals surface area (Å²) in [6.45, 7) is 4.37. The van der Waals surface area contributed by atoms with Crippen molar-refractivity contribution >= 4 is 34.0 Å². The summed E-state index contributed by atoms with van der Waals surface area (Å²) in [5.41, 5.74) is 7.65. The van der Waals surface area contributed by atoms with Gasteiger partial charge in [0.15, 0.2) is 10.8 Å². The van der Waals surface area contributed by atoms with Crippen LogP contribution in [0.2, 0.25) is 0 Å². The number of rotatable bonds is 6. The lowest BCUT2D eigenvalue weighted by atomic mass is 10.0. The molecule has 0 fully saturated rings. The minimum absolute atomic E-state index is 0.164. The highest BCUT2D eigenvalue weighted by molar-refractivity contribution is 7.16. The standard InChI is InChI=1S/C22H20N4O4S/c1-3-29-18-11-14(7-8-17(18)27)10-16-20(23)26-22(24-21(16)28)31-19(25-26)12-30-15-6-4-5-13(2)9-15/h4-11H,3,12,23H2,1-2H3/b14-10+. The van der Waals surface area contributed by atoms with Gasteiger partial charge in [-0.25, -0.2) is 0 Å². The Kier molecular flexibility index (Phi) is 5.68. The lowest BCUT2D eigenvalue weighted by Crippen LogP contribution is -2.17. The Bertz CT molecular complexity index is 1320. The molecule has 0 saturated heterocycles. The smallest absolute Gasteiger partial charge is 0.283 e. The number of allylic oxidation sites excluding steroid dienone is 4. The fourth-order valence-electron chi connectivity index (χ4n) is 3.01. The number of carbonyl (C=O) groups excluding carboxylic acids is 1. The van der Waals surface area contributed by atoms with Crippen LogP contribution in [-0.2, 0) is 16.1 Å². The molecule has 9 heteroatoms. The second-order valence-electron chi connectivity index (χ2n) is 6.79. The number of aromatic nitrogens is 3.